The Morgan fingerprint density at radius 3 is 2.84 bits per heavy atom. The molecule has 0 N–H and O–H groups in total. The minimum Gasteiger partial charge on any atom is -0.466 e. The minimum atomic E-state index is -3.07. The second kappa shape index (κ2) is 7.30. The molecule has 2 aromatic heterocycles. The van der Waals surface area contributed by atoms with Crippen LogP contribution in [0.25, 0.3) is 21.8 Å². The maximum atomic E-state index is 14.7. The average Bonchev–Trinajstić information content (AvgIpc) is 3.15. The molecule has 8 heteroatoms. The quantitative estimate of drug-likeness (QED) is 0.500. The summed E-state index contributed by atoms with van der Waals surface area (Å²) in [5.74, 6) is -3.26. The van der Waals surface area contributed by atoms with E-state index < -0.39 is 18.4 Å². The van der Waals surface area contributed by atoms with Crippen LogP contribution in [0.2, 0.25) is 0 Å². The number of piperidine rings is 1. The predicted molar refractivity (Wildman–Crippen MR) is 112 cm³/mol. The van der Waals surface area contributed by atoms with Gasteiger partial charge in [0, 0.05) is 36.9 Å². The fourth-order valence-corrected chi connectivity index (χ4v) is 3.97. The average molecular weight is 422 g/mol. The summed E-state index contributed by atoms with van der Waals surface area (Å²) in [5, 5.41) is 5.79. The number of aromatic nitrogens is 3. The summed E-state index contributed by atoms with van der Waals surface area (Å²) in [4.78, 5) is 18.9. The molecule has 5 rings (SSSR count). The number of aryl methyl sites for hydroxylation is 1. The number of alkyl halides is 2. The zero-order valence-electron chi connectivity index (χ0n) is 16.8. The number of benzene rings is 2. The Hall–Kier alpha value is -3.55. The molecule has 2 aromatic carbocycles. The van der Waals surface area contributed by atoms with Crippen molar-refractivity contribution in [2.75, 3.05) is 13.1 Å². The Labute approximate surface area is 177 Å². The molecule has 4 aromatic rings. The van der Waals surface area contributed by atoms with Crippen LogP contribution in [0.3, 0.4) is 0 Å². The number of para-hydroxylation sites is 1. The number of carbonyl (C=O) groups excluding carboxylic acids is 1. The molecule has 1 atom stereocenters. The number of nitrogens with zero attached hydrogens (tertiary/aromatic N) is 4. The second-order valence-electron chi connectivity index (χ2n) is 7.72. The number of hydrogen-bond donors (Lipinski definition) is 0. The number of likely N-dealkylation sites (tertiary alicyclic amines) is 1. The fraction of sp³-hybridized carbons (Fsp3) is 0.261. The van der Waals surface area contributed by atoms with E-state index in [2.05, 4.69) is 10.1 Å². The largest absolute Gasteiger partial charge is 0.466 e. The number of hydrogen-bond acceptors (Lipinski definition) is 4. The number of rotatable bonds is 3. The van der Waals surface area contributed by atoms with Crippen molar-refractivity contribution < 1.29 is 18.3 Å². The molecule has 0 aliphatic carbocycles. The maximum absolute atomic E-state index is 14.7. The van der Waals surface area contributed by atoms with Crippen molar-refractivity contribution in [3.8, 4) is 5.88 Å². The van der Waals surface area contributed by atoms with E-state index in [9.17, 15) is 13.6 Å². The van der Waals surface area contributed by atoms with Crippen LogP contribution in [0.5, 0.6) is 5.88 Å². The van der Waals surface area contributed by atoms with Gasteiger partial charge in [0.05, 0.1) is 29.3 Å². The van der Waals surface area contributed by atoms with Gasteiger partial charge in [-0.1, -0.05) is 24.3 Å². The third-order valence-electron chi connectivity index (χ3n) is 5.72. The fourth-order valence-electron chi connectivity index (χ4n) is 3.97. The third kappa shape index (κ3) is 3.48. The van der Waals surface area contributed by atoms with Gasteiger partial charge in [0.2, 0.25) is 5.88 Å². The molecule has 0 spiro atoms. The van der Waals surface area contributed by atoms with Crippen LogP contribution in [0.4, 0.5) is 8.78 Å². The van der Waals surface area contributed by atoms with E-state index >= 15 is 0 Å². The van der Waals surface area contributed by atoms with Crippen LogP contribution in [-0.2, 0) is 7.05 Å². The summed E-state index contributed by atoms with van der Waals surface area (Å²) >= 11 is 0. The zero-order chi connectivity index (χ0) is 21.6. The van der Waals surface area contributed by atoms with Gasteiger partial charge >= 0.3 is 0 Å². The smallest absolute Gasteiger partial charge is 0.287 e. The van der Waals surface area contributed by atoms with Crippen molar-refractivity contribution >= 4 is 27.7 Å². The van der Waals surface area contributed by atoms with Crippen molar-refractivity contribution in [1.82, 2.24) is 19.7 Å². The van der Waals surface area contributed by atoms with Crippen molar-refractivity contribution in [2.24, 2.45) is 7.05 Å². The molecule has 6 nitrogen and oxygen atoms in total. The van der Waals surface area contributed by atoms with E-state index in [0.29, 0.717) is 16.5 Å². The third-order valence-corrected chi connectivity index (χ3v) is 5.72. The summed E-state index contributed by atoms with van der Waals surface area (Å²) in [6.07, 6.45) is -0.333. The Bertz CT molecular complexity index is 1290. The van der Waals surface area contributed by atoms with Gasteiger partial charge in [-0.25, -0.2) is 13.8 Å². The number of fused-ring (bicyclic) bond motifs is 2. The molecule has 158 valence electrons. The van der Waals surface area contributed by atoms with Crippen molar-refractivity contribution in [2.45, 2.75) is 18.4 Å². The molecule has 1 aliphatic heterocycles. The van der Waals surface area contributed by atoms with Gasteiger partial charge in [0.15, 0.2) is 6.10 Å². The molecular weight excluding hydrogens is 402 g/mol. The molecule has 0 saturated carbocycles. The first kappa shape index (κ1) is 19.4. The molecule has 1 amide bonds. The Morgan fingerprint density at radius 1 is 1.13 bits per heavy atom. The molecule has 1 aliphatic rings. The van der Waals surface area contributed by atoms with Crippen LogP contribution in [-0.4, -0.2) is 50.7 Å². The van der Waals surface area contributed by atoms with Crippen LogP contribution < -0.4 is 4.74 Å². The molecule has 3 heterocycles. The molecule has 0 bridgehead atoms. The lowest BCUT2D eigenvalue weighted by molar-refractivity contribution is -0.131. The second-order valence-corrected chi connectivity index (χ2v) is 7.72. The van der Waals surface area contributed by atoms with E-state index in [1.54, 1.807) is 48.3 Å². The summed E-state index contributed by atoms with van der Waals surface area (Å²) in [5.41, 5.74) is 1.91. The molecule has 31 heavy (non-hydrogen) atoms. The van der Waals surface area contributed by atoms with Gasteiger partial charge in [-0.15, -0.1) is 0 Å². The molecule has 1 fully saturated rings. The molecule has 0 radical (unpaired) electrons. The highest BCUT2D eigenvalue weighted by Gasteiger charge is 2.47. The summed E-state index contributed by atoms with van der Waals surface area (Å²) in [7, 11) is 1.79. The maximum Gasteiger partial charge on any atom is 0.287 e. The number of carbonyl (C=O) groups is 1. The van der Waals surface area contributed by atoms with Crippen LogP contribution in [0.1, 0.15) is 16.8 Å². The summed E-state index contributed by atoms with van der Waals surface area (Å²) in [6, 6.07) is 16.1. The summed E-state index contributed by atoms with van der Waals surface area (Å²) < 4.78 is 36.6. The molecule has 0 unspecified atom stereocenters. The van der Waals surface area contributed by atoms with E-state index in [1.807, 2.05) is 24.3 Å². The number of ether oxygens (including phenoxy) is 1. The molecule has 1 saturated heterocycles. The number of pyridine rings is 1. The predicted octanol–water partition coefficient (Wildman–Crippen LogP) is 4.05. The van der Waals surface area contributed by atoms with E-state index in [4.69, 9.17) is 4.74 Å². The van der Waals surface area contributed by atoms with Crippen LogP contribution >= 0.6 is 0 Å². The van der Waals surface area contributed by atoms with Crippen LogP contribution in [0, 0.1) is 0 Å². The van der Waals surface area contributed by atoms with E-state index in [1.165, 1.54) is 4.90 Å². The first-order valence-electron chi connectivity index (χ1n) is 10.0. The highest BCUT2D eigenvalue weighted by atomic mass is 19.3. The normalized spacial score (nSPS) is 18.4. The Morgan fingerprint density at radius 2 is 1.97 bits per heavy atom. The number of halogens is 2. The van der Waals surface area contributed by atoms with Crippen LogP contribution in [0.15, 0.2) is 60.8 Å². The first-order valence-corrected chi connectivity index (χ1v) is 10.0. The minimum absolute atomic E-state index is 0.0481. The van der Waals surface area contributed by atoms with Gasteiger partial charge in [-0.3, -0.25) is 9.48 Å². The first-order chi connectivity index (χ1) is 14.9. The van der Waals surface area contributed by atoms with Gasteiger partial charge in [0.1, 0.15) is 0 Å². The summed E-state index contributed by atoms with van der Waals surface area (Å²) in [6.45, 7) is -0.273. The lowest BCUT2D eigenvalue weighted by Crippen LogP contribution is -2.55. The zero-order valence-corrected chi connectivity index (χ0v) is 16.8. The molecular formula is C23H20F2N4O2. The van der Waals surface area contributed by atoms with E-state index in [-0.39, 0.29) is 24.9 Å². The number of amides is 1. The van der Waals surface area contributed by atoms with Crippen molar-refractivity contribution in [3.63, 3.8) is 0 Å². The highest BCUT2D eigenvalue weighted by Crippen LogP contribution is 2.33. The lowest BCUT2D eigenvalue weighted by atomic mass is 10.0. The van der Waals surface area contributed by atoms with Crippen molar-refractivity contribution in [1.29, 1.82) is 0 Å². The van der Waals surface area contributed by atoms with Crippen molar-refractivity contribution in [3.05, 3.63) is 66.4 Å². The Kier molecular flexibility index (Phi) is 4.57. The van der Waals surface area contributed by atoms with Gasteiger partial charge in [-0.05, 0) is 24.3 Å². The Balaban J connectivity index is 1.41. The topological polar surface area (TPSA) is 60.2 Å². The lowest BCUT2D eigenvalue weighted by Gasteiger charge is -2.38. The van der Waals surface area contributed by atoms with Gasteiger partial charge in [-0.2, -0.15) is 5.10 Å². The SMILES string of the molecule is Cn1ncc2c(C(=O)N3CCC(F)(F)[C@@H](Oc4ccc5ccccc5n4)C3)cccc21. The van der Waals surface area contributed by atoms with Gasteiger partial charge in [0.25, 0.3) is 11.8 Å². The van der Waals surface area contributed by atoms with E-state index in [0.717, 1.165) is 10.9 Å². The highest BCUT2D eigenvalue weighted by molar-refractivity contribution is 6.06. The van der Waals surface area contributed by atoms with Gasteiger partial charge < -0.3 is 9.64 Å². The monoisotopic (exact) mass is 422 g/mol. The standard InChI is InChI=1S/C23H20F2N4O2/c1-28-19-8-4-6-16(17(19)13-26-28)22(30)29-12-11-23(24,25)20(14-29)31-21-10-9-15-5-2-3-7-18(15)27-21/h2-10,13,20H,11-12,14H2,1H3/t20-/m0/s1.